The summed E-state index contributed by atoms with van der Waals surface area (Å²) < 4.78 is 6.74. The van der Waals surface area contributed by atoms with Gasteiger partial charge in [0.05, 0.1) is 16.9 Å². The van der Waals surface area contributed by atoms with Gasteiger partial charge in [-0.25, -0.2) is 4.98 Å². The van der Waals surface area contributed by atoms with Gasteiger partial charge in [0, 0.05) is 30.2 Å². The van der Waals surface area contributed by atoms with Crippen LogP contribution in [0.5, 0.6) is 5.75 Å². The zero-order valence-electron chi connectivity index (χ0n) is 16.8. The second-order valence-corrected chi connectivity index (χ2v) is 8.05. The van der Waals surface area contributed by atoms with Crippen LogP contribution in [-0.4, -0.2) is 54.6 Å². The van der Waals surface area contributed by atoms with Gasteiger partial charge in [-0.3, -0.25) is 9.69 Å². The van der Waals surface area contributed by atoms with Gasteiger partial charge in [-0.05, 0) is 39.2 Å². The third-order valence-corrected chi connectivity index (χ3v) is 5.78. The molecule has 0 aliphatic rings. The number of amides is 1. The monoisotopic (exact) mass is 408 g/mol. The molecule has 0 unspecified atom stereocenters. The Labute approximate surface area is 173 Å². The average Bonchev–Trinajstić information content (AvgIpc) is 3.33. The van der Waals surface area contributed by atoms with Crippen molar-refractivity contribution in [1.29, 1.82) is 0 Å². The number of nitrogens with zero attached hydrogens (tertiary/aromatic N) is 3. The Hall–Kier alpha value is -2.90. The van der Waals surface area contributed by atoms with Crippen molar-refractivity contribution in [2.45, 2.75) is 6.92 Å². The van der Waals surface area contributed by atoms with Crippen LogP contribution in [0.3, 0.4) is 0 Å². The van der Waals surface area contributed by atoms with Gasteiger partial charge in [0.2, 0.25) is 0 Å². The molecule has 2 heterocycles. The first-order valence-corrected chi connectivity index (χ1v) is 10.4. The molecule has 0 radical (unpaired) electrons. The number of fused-ring (bicyclic) bond motifs is 2. The van der Waals surface area contributed by atoms with Gasteiger partial charge in [0.1, 0.15) is 11.3 Å². The summed E-state index contributed by atoms with van der Waals surface area (Å²) in [4.78, 5) is 25.4. The summed E-state index contributed by atoms with van der Waals surface area (Å²) in [5.41, 5.74) is 2.41. The standard InChI is InChI=1S/C22H24N4O2S/c1-4-28-18-10-7-11-19-20(18)24-22(29-19)26(13-12-25(2)3)21(27)16-14-23-17-9-6-5-8-15(16)17/h5-11,14,23H,4,12-13H2,1-3H3. The molecule has 150 valence electrons. The number of likely N-dealkylation sites (N-methyl/N-ethyl adjacent to an activating group) is 1. The van der Waals surface area contributed by atoms with E-state index in [1.807, 2.05) is 63.5 Å². The van der Waals surface area contributed by atoms with Gasteiger partial charge in [0.25, 0.3) is 5.91 Å². The first-order valence-electron chi connectivity index (χ1n) is 9.63. The van der Waals surface area contributed by atoms with E-state index in [9.17, 15) is 4.79 Å². The molecule has 6 nitrogen and oxygen atoms in total. The Kier molecular flexibility index (Phi) is 5.51. The number of aromatic amines is 1. The molecular formula is C22H24N4O2S. The van der Waals surface area contributed by atoms with Gasteiger partial charge in [-0.1, -0.05) is 35.6 Å². The molecule has 0 aliphatic carbocycles. The highest BCUT2D eigenvalue weighted by atomic mass is 32.1. The van der Waals surface area contributed by atoms with Crippen molar-refractivity contribution in [2.75, 3.05) is 38.7 Å². The summed E-state index contributed by atoms with van der Waals surface area (Å²) in [6.07, 6.45) is 1.79. The number of hydrogen-bond acceptors (Lipinski definition) is 5. The predicted octanol–water partition coefficient (Wildman–Crippen LogP) is 4.38. The minimum Gasteiger partial charge on any atom is -0.492 e. The van der Waals surface area contributed by atoms with Crippen LogP contribution >= 0.6 is 11.3 Å². The van der Waals surface area contributed by atoms with E-state index in [4.69, 9.17) is 9.72 Å². The number of carbonyl (C=O) groups excluding carboxylic acids is 1. The zero-order chi connectivity index (χ0) is 20.4. The van der Waals surface area contributed by atoms with E-state index < -0.39 is 0 Å². The Bertz CT molecular complexity index is 1150. The zero-order valence-corrected chi connectivity index (χ0v) is 17.6. The number of anilines is 1. The lowest BCUT2D eigenvalue weighted by Gasteiger charge is -2.21. The van der Waals surface area contributed by atoms with Crippen molar-refractivity contribution in [3.63, 3.8) is 0 Å². The number of para-hydroxylation sites is 2. The number of carbonyl (C=O) groups is 1. The van der Waals surface area contributed by atoms with Crippen LogP contribution in [0.1, 0.15) is 17.3 Å². The maximum absolute atomic E-state index is 13.5. The van der Waals surface area contributed by atoms with Crippen LogP contribution in [0.25, 0.3) is 21.1 Å². The van der Waals surface area contributed by atoms with Crippen molar-refractivity contribution >= 4 is 43.5 Å². The molecule has 2 aromatic heterocycles. The molecular weight excluding hydrogens is 384 g/mol. The van der Waals surface area contributed by atoms with Crippen molar-refractivity contribution < 1.29 is 9.53 Å². The molecule has 4 aromatic rings. The molecule has 29 heavy (non-hydrogen) atoms. The van der Waals surface area contributed by atoms with Crippen molar-refractivity contribution in [2.24, 2.45) is 0 Å². The normalized spacial score (nSPS) is 11.4. The van der Waals surface area contributed by atoms with E-state index in [1.54, 1.807) is 11.1 Å². The molecule has 0 fully saturated rings. The quantitative estimate of drug-likeness (QED) is 0.493. The second-order valence-electron chi connectivity index (χ2n) is 7.04. The van der Waals surface area contributed by atoms with Crippen LogP contribution in [0.2, 0.25) is 0 Å². The Morgan fingerprint density at radius 3 is 2.76 bits per heavy atom. The molecule has 1 amide bonds. The van der Waals surface area contributed by atoms with Crippen LogP contribution in [0, 0.1) is 0 Å². The number of benzene rings is 2. The minimum atomic E-state index is -0.0543. The first-order chi connectivity index (χ1) is 14.1. The first kappa shape index (κ1) is 19.4. The SMILES string of the molecule is CCOc1cccc2sc(N(CCN(C)C)C(=O)c3c[nH]c4ccccc34)nc12. The van der Waals surface area contributed by atoms with Gasteiger partial charge in [-0.15, -0.1) is 0 Å². The maximum atomic E-state index is 13.5. The van der Waals surface area contributed by atoms with Crippen LogP contribution in [-0.2, 0) is 0 Å². The smallest absolute Gasteiger partial charge is 0.262 e. The number of nitrogens with one attached hydrogen (secondary N) is 1. The molecule has 0 saturated carbocycles. The Morgan fingerprint density at radius 1 is 1.14 bits per heavy atom. The summed E-state index contributed by atoms with van der Waals surface area (Å²) in [7, 11) is 4.00. The molecule has 0 saturated heterocycles. The molecule has 0 spiro atoms. The molecule has 2 aromatic carbocycles. The molecule has 0 aliphatic heterocycles. The largest absolute Gasteiger partial charge is 0.492 e. The molecule has 1 N–H and O–H groups in total. The van der Waals surface area contributed by atoms with Crippen molar-refractivity contribution in [3.05, 3.63) is 54.2 Å². The fourth-order valence-electron chi connectivity index (χ4n) is 3.28. The number of H-pyrrole nitrogens is 1. The fraction of sp³-hybridized carbons (Fsp3) is 0.273. The predicted molar refractivity (Wildman–Crippen MR) is 119 cm³/mol. The lowest BCUT2D eigenvalue weighted by molar-refractivity contribution is 0.0987. The molecule has 7 heteroatoms. The van der Waals surface area contributed by atoms with Crippen LogP contribution < -0.4 is 9.64 Å². The van der Waals surface area contributed by atoms with Crippen LogP contribution in [0.15, 0.2) is 48.7 Å². The summed E-state index contributed by atoms with van der Waals surface area (Å²) in [5.74, 6) is 0.695. The lowest BCUT2D eigenvalue weighted by Crippen LogP contribution is -2.36. The second kappa shape index (κ2) is 8.23. The van der Waals surface area contributed by atoms with E-state index in [1.165, 1.54) is 11.3 Å². The number of hydrogen-bond donors (Lipinski definition) is 1. The van der Waals surface area contributed by atoms with Gasteiger partial charge >= 0.3 is 0 Å². The number of thiazole rings is 1. The number of rotatable bonds is 7. The summed E-state index contributed by atoms with van der Waals surface area (Å²) in [6, 6.07) is 13.7. The van der Waals surface area contributed by atoms with E-state index >= 15 is 0 Å². The third kappa shape index (κ3) is 3.83. The Morgan fingerprint density at radius 2 is 1.97 bits per heavy atom. The van der Waals surface area contributed by atoms with E-state index in [-0.39, 0.29) is 5.91 Å². The van der Waals surface area contributed by atoms with Gasteiger partial charge in [-0.2, -0.15) is 0 Å². The van der Waals surface area contributed by atoms with Gasteiger partial charge in [0.15, 0.2) is 5.13 Å². The summed E-state index contributed by atoms with van der Waals surface area (Å²) in [5, 5.41) is 1.60. The number of aromatic nitrogens is 2. The molecule has 4 rings (SSSR count). The summed E-state index contributed by atoms with van der Waals surface area (Å²) in [6.45, 7) is 3.82. The topological polar surface area (TPSA) is 61.5 Å². The average molecular weight is 409 g/mol. The lowest BCUT2D eigenvalue weighted by atomic mass is 10.1. The van der Waals surface area contributed by atoms with Crippen molar-refractivity contribution in [1.82, 2.24) is 14.9 Å². The highest BCUT2D eigenvalue weighted by Gasteiger charge is 2.24. The molecule has 0 atom stereocenters. The van der Waals surface area contributed by atoms with E-state index in [0.29, 0.717) is 23.8 Å². The third-order valence-electron chi connectivity index (χ3n) is 4.74. The highest BCUT2D eigenvalue weighted by molar-refractivity contribution is 7.22. The molecule has 0 bridgehead atoms. The minimum absolute atomic E-state index is 0.0543. The highest BCUT2D eigenvalue weighted by Crippen LogP contribution is 2.35. The maximum Gasteiger partial charge on any atom is 0.262 e. The fourth-order valence-corrected chi connectivity index (χ4v) is 4.28. The number of ether oxygens (including phenoxy) is 1. The van der Waals surface area contributed by atoms with Crippen molar-refractivity contribution in [3.8, 4) is 5.75 Å². The summed E-state index contributed by atoms with van der Waals surface area (Å²) >= 11 is 1.51. The van der Waals surface area contributed by atoms with Gasteiger partial charge < -0.3 is 14.6 Å². The van der Waals surface area contributed by atoms with E-state index in [0.717, 1.165) is 33.4 Å². The van der Waals surface area contributed by atoms with E-state index in [2.05, 4.69) is 9.88 Å². The van der Waals surface area contributed by atoms with Crippen LogP contribution in [0.4, 0.5) is 5.13 Å². The Balaban J connectivity index is 1.76.